The molecule has 1 heterocycles. The van der Waals surface area contributed by atoms with Crippen LogP contribution in [0.4, 0.5) is 8.78 Å². The molecule has 2 rings (SSSR count). The summed E-state index contributed by atoms with van der Waals surface area (Å²) >= 11 is 0. The molecule has 1 aromatic carbocycles. The van der Waals surface area contributed by atoms with Crippen molar-refractivity contribution in [3.63, 3.8) is 0 Å². The molecule has 0 aliphatic carbocycles. The van der Waals surface area contributed by atoms with E-state index >= 15 is 0 Å². The molecule has 0 aliphatic rings. The second kappa shape index (κ2) is 6.02. The third-order valence-electron chi connectivity index (χ3n) is 3.11. The SMILES string of the molecule is CCc1nnc(C)cc1C(NN)c1ccc(F)cc1F. The molecule has 6 heteroatoms. The topological polar surface area (TPSA) is 63.8 Å². The molecule has 0 saturated carbocycles. The number of nitrogens with zero attached hydrogens (tertiary/aromatic N) is 2. The van der Waals surface area contributed by atoms with E-state index in [4.69, 9.17) is 5.84 Å². The summed E-state index contributed by atoms with van der Waals surface area (Å²) in [6, 6.07) is 4.63. The van der Waals surface area contributed by atoms with E-state index < -0.39 is 17.7 Å². The Labute approximate surface area is 116 Å². The van der Waals surface area contributed by atoms with Gasteiger partial charge in [-0.1, -0.05) is 13.0 Å². The van der Waals surface area contributed by atoms with Gasteiger partial charge < -0.3 is 0 Å². The van der Waals surface area contributed by atoms with Crippen molar-refractivity contribution in [2.45, 2.75) is 26.3 Å². The molecular weight excluding hydrogens is 262 g/mol. The Hall–Kier alpha value is -1.92. The lowest BCUT2D eigenvalue weighted by Crippen LogP contribution is -2.30. The maximum atomic E-state index is 13.9. The summed E-state index contributed by atoms with van der Waals surface area (Å²) in [7, 11) is 0. The summed E-state index contributed by atoms with van der Waals surface area (Å²) in [6.07, 6.45) is 0.642. The van der Waals surface area contributed by atoms with Crippen LogP contribution >= 0.6 is 0 Å². The van der Waals surface area contributed by atoms with Gasteiger partial charge in [0, 0.05) is 17.2 Å². The highest BCUT2D eigenvalue weighted by Gasteiger charge is 2.20. The first-order chi connectivity index (χ1) is 9.56. The predicted octanol–water partition coefficient (Wildman–Crippen LogP) is 2.18. The third kappa shape index (κ3) is 2.81. The molecule has 20 heavy (non-hydrogen) atoms. The molecule has 0 aliphatic heterocycles. The molecule has 1 atom stereocenters. The van der Waals surface area contributed by atoms with Crippen LogP contribution in [-0.2, 0) is 6.42 Å². The number of rotatable bonds is 4. The van der Waals surface area contributed by atoms with Gasteiger partial charge in [0.05, 0.1) is 17.4 Å². The first kappa shape index (κ1) is 14.5. The number of aryl methyl sites for hydroxylation is 2. The van der Waals surface area contributed by atoms with Crippen molar-refractivity contribution in [3.8, 4) is 0 Å². The summed E-state index contributed by atoms with van der Waals surface area (Å²) in [5, 5.41) is 8.08. The van der Waals surface area contributed by atoms with E-state index in [1.54, 1.807) is 13.0 Å². The fourth-order valence-corrected chi connectivity index (χ4v) is 2.14. The molecule has 4 nitrogen and oxygen atoms in total. The molecule has 0 saturated heterocycles. The van der Waals surface area contributed by atoms with E-state index in [1.807, 2.05) is 6.92 Å². The van der Waals surface area contributed by atoms with Gasteiger partial charge in [-0.3, -0.25) is 5.84 Å². The van der Waals surface area contributed by atoms with Gasteiger partial charge >= 0.3 is 0 Å². The monoisotopic (exact) mass is 278 g/mol. The van der Waals surface area contributed by atoms with Crippen LogP contribution in [0.2, 0.25) is 0 Å². The minimum atomic E-state index is -0.649. The Morgan fingerprint density at radius 3 is 2.55 bits per heavy atom. The van der Waals surface area contributed by atoms with Gasteiger partial charge in [-0.25, -0.2) is 14.2 Å². The van der Waals surface area contributed by atoms with Gasteiger partial charge in [0.2, 0.25) is 0 Å². The predicted molar refractivity (Wildman–Crippen MR) is 71.7 cm³/mol. The van der Waals surface area contributed by atoms with Gasteiger partial charge in [-0.05, 0) is 25.5 Å². The number of nitrogens with one attached hydrogen (secondary N) is 1. The molecule has 0 radical (unpaired) electrons. The fourth-order valence-electron chi connectivity index (χ4n) is 2.14. The van der Waals surface area contributed by atoms with Gasteiger partial charge in [0.1, 0.15) is 11.6 Å². The highest BCUT2D eigenvalue weighted by molar-refractivity contribution is 5.35. The van der Waals surface area contributed by atoms with Crippen molar-refractivity contribution in [1.29, 1.82) is 0 Å². The van der Waals surface area contributed by atoms with Crippen molar-refractivity contribution >= 4 is 0 Å². The lowest BCUT2D eigenvalue weighted by molar-refractivity contribution is 0.538. The molecule has 0 fully saturated rings. The molecule has 0 amide bonds. The van der Waals surface area contributed by atoms with Gasteiger partial charge in [0.25, 0.3) is 0 Å². The van der Waals surface area contributed by atoms with Crippen molar-refractivity contribution in [2.24, 2.45) is 5.84 Å². The largest absolute Gasteiger partial charge is 0.271 e. The number of hydrazine groups is 1. The number of halogens is 2. The number of nitrogens with two attached hydrogens (primary N) is 1. The first-order valence-electron chi connectivity index (χ1n) is 6.31. The minimum Gasteiger partial charge on any atom is -0.271 e. The maximum absolute atomic E-state index is 13.9. The Morgan fingerprint density at radius 1 is 1.20 bits per heavy atom. The molecule has 106 valence electrons. The zero-order valence-corrected chi connectivity index (χ0v) is 11.3. The van der Waals surface area contributed by atoms with E-state index in [2.05, 4.69) is 15.6 Å². The molecular formula is C14H16F2N4. The van der Waals surface area contributed by atoms with Crippen molar-refractivity contribution in [2.75, 3.05) is 0 Å². The van der Waals surface area contributed by atoms with Gasteiger partial charge in [-0.15, -0.1) is 0 Å². The van der Waals surface area contributed by atoms with Crippen LogP contribution in [0.3, 0.4) is 0 Å². The van der Waals surface area contributed by atoms with Gasteiger partial charge in [0.15, 0.2) is 0 Å². The molecule has 0 bridgehead atoms. The Morgan fingerprint density at radius 2 is 1.95 bits per heavy atom. The molecule has 3 N–H and O–H groups in total. The normalized spacial score (nSPS) is 12.4. The molecule has 0 spiro atoms. The Balaban J connectivity index is 2.54. The van der Waals surface area contributed by atoms with Crippen LogP contribution in [0.15, 0.2) is 24.3 Å². The Bertz CT molecular complexity index is 616. The van der Waals surface area contributed by atoms with E-state index in [1.165, 1.54) is 12.1 Å². The lowest BCUT2D eigenvalue weighted by atomic mass is 9.96. The van der Waals surface area contributed by atoms with E-state index in [-0.39, 0.29) is 5.56 Å². The molecule has 2 aromatic rings. The van der Waals surface area contributed by atoms with Crippen molar-refractivity contribution < 1.29 is 8.78 Å². The van der Waals surface area contributed by atoms with Crippen LogP contribution in [-0.4, -0.2) is 10.2 Å². The van der Waals surface area contributed by atoms with Crippen molar-refractivity contribution in [1.82, 2.24) is 15.6 Å². The van der Waals surface area contributed by atoms with E-state index in [0.717, 1.165) is 17.3 Å². The quantitative estimate of drug-likeness (QED) is 0.664. The van der Waals surface area contributed by atoms with E-state index in [9.17, 15) is 8.78 Å². The summed E-state index contributed by atoms with van der Waals surface area (Å²) in [5.41, 5.74) is 5.02. The summed E-state index contributed by atoms with van der Waals surface area (Å²) in [4.78, 5) is 0. The number of aromatic nitrogens is 2. The van der Waals surface area contributed by atoms with Crippen LogP contribution in [0, 0.1) is 18.6 Å². The molecule has 1 aromatic heterocycles. The Kier molecular flexibility index (Phi) is 4.36. The second-order valence-corrected chi connectivity index (χ2v) is 4.51. The average Bonchev–Trinajstić information content (AvgIpc) is 2.42. The number of benzene rings is 1. The van der Waals surface area contributed by atoms with E-state index in [0.29, 0.717) is 12.1 Å². The van der Waals surface area contributed by atoms with Crippen LogP contribution in [0.1, 0.15) is 35.5 Å². The zero-order chi connectivity index (χ0) is 14.7. The van der Waals surface area contributed by atoms with Crippen LogP contribution < -0.4 is 11.3 Å². The average molecular weight is 278 g/mol. The maximum Gasteiger partial charge on any atom is 0.131 e. The molecule has 1 unspecified atom stereocenters. The number of hydrogen-bond donors (Lipinski definition) is 2. The summed E-state index contributed by atoms with van der Waals surface area (Å²) in [5.74, 6) is 4.29. The summed E-state index contributed by atoms with van der Waals surface area (Å²) < 4.78 is 27.0. The fraction of sp³-hybridized carbons (Fsp3) is 0.286. The van der Waals surface area contributed by atoms with Crippen LogP contribution in [0.25, 0.3) is 0 Å². The third-order valence-corrected chi connectivity index (χ3v) is 3.11. The smallest absolute Gasteiger partial charge is 0.131 e. The minimum absolute atomic E-state index is 0.274. The first-order valence-corrected chi connectivity index (χ1v) is 6.31. The standard InChI is InChI=1S/C14H16F2N4/c1-3-13-11(6-8(2)19-20-13)14(18-17)10-5-4-9(15)7-12(10)16/h4-7,14,18H,3,17H2,1-2H3. The lowest BCUT2D eigenvalue weighted by Gasteiger charge is -2.20. The van der Waals surface area contributed by atoms with Crippen LogP contribution in [0.5, 0.6) is 0 Å². The highest BCUT2D eigenvalue weighted by atomic mass is 19.1. The van der Waals surface area contributed by atoms with Gasteiger partial charge in [-0.2, -0.15) is 10.2 Å². The highest BCUT2D eigenvalue weighted by Crippen LogP contribution is 2.26. The number of hydrogen-bond acceptors (Lipinski definition) is 4. The second-order valence-electron chi connectivity index (χ2n) is 4.51. The van der Waals surface area contributed by atoms with Crippen molar-refractivity contribution in [3.05, 3.63) is 58.4 Å². The zero-order valence-electron chi connectivity index (χ0n) is 11.3. The summed E-state index contributed by atoms with van der Waals surface area (Å²) in [6.45, 7) is 3.72.